The first-order valence-electron chi connectivity index (χ1n) is 10.1. The van der Waals surface area contributed by atoms with Crippen molar-refractivity contribution < 1.29 is 0 Å². The fraction of sp³-hybridized carbons (Fsp3) is 0.143. The second-order valence-corrected chi connectivity index (χ2v) is 8.76. The van der Waals surface area contributed by atoms with Gasteiger partial charge in [-0.15, -0.1) is 0 Å². The molecule has 0 N–H and O–H groups in total. The summed E-state index contributed by atoms with van der Waals surface area (Å²) in [5.74, 6) is 0. The molecule has 0 heterocycles. The molecular formula is C28H24Cl2. The van der Waals surface area contributed by atoms with Gasteiger partial charge in [-0.2, -0.15) is 0 Å². The zero-order valence-electron chi connectivity index (χ0n) is 17.7. The zero-order valence-corrected chi connectivity index (χ0v) is 19.2. The highest BCUT2D eigenvalue weighted by Gasteiger charge is 2.20. The molecule has 150 valence electrons. The number of rotatable bonds is 3. The first-order valence-corrected chi connectivity index (χ1v) is 10.8. The lowest BCUT2D eigenvalue weighted by Gasteiger charge is -2.21. The van der Waals surface area contributed by atoms with Crippen LogP contribution in [0.25, 0.3) is 33.4 Å². The van der Waals surface area contributed by atoms with E-state index in [2.05, 4.69) is 76.2 Å². The maximum atomic E-state index is 6.85. The van der Waals surface area contributed by atoms with E-state index in [1.807, 2.05) is 24.3 Å². The van der Waals surface area contributed by atoms with Crippen molar-refractivity contribution in [3.05, 3.63) is 105 Å². The average molecular weight is 431 g/mol. The molecule has 0 fully saturated rings. The summed E-state index contributed by atoms with van der Waals surface area (Å²) in [6, 6.07) is 25.2. The van der Waals surface area contributed by atoms with Gasteiger partial charge in [-0.3, -0.25) is 0 Å². The molecule has 0 radical (unpaired) electrons. The summed E-state index contributed by atoms with van der Waals surface area (Å²) in [6.07, 6.45) is 0. The monoisotopic (exact) mass is 430 g/mol. The summed E-state index contributed by atoms with van der Waals surface area (Å²) in [6.45, 7) is 8.63. The van der Waals surface area contributed by atoms with Crippen LogP contribution in [0.3, 0.4) is 0 Å². The molecule has 0 saturated heterocycles. The number of benzene rings is 4. The molecule has 0 aliphatic rings. The summed E-state index contributed by atoms with van der Waals surface area (Å²) in [5.41, 5.74) is 11.8. The highest BCUT2D eigenvalue weighted by Crippen LogP contribution is 2.46. The van der Waals surface area contributed by atoms with E-state index in [1.165, 1.54) is 38.9 Å². The highest BCUT2D eigenvalue weighted by atomic mass is 35.5. The van der Waals surface area contributed by atoms with Gasteiger partial charge < -0.3 is 0 Å². The third-order valence-electron chi connectivity index (χ3n) is 5.82. The molecule has 0 saturated carbocycles. The average Bonchev–Trinajstić information content (AvgIpc) is 2.72. The van der Waals surface area contributed by atoms with Crippen molar-refractivity contribution in [2.75, 3.05) is 0 Å². The molecular weight excluding hydrogens is 407 g/mol. The van der Waals surface area contributed by atoms with E-state index < -0.39 is 0 Å². The van der Waals surface area contributed by atoms with Crippen molar-refractivity contribution in [1.29, 1.82) is 0 Å². The van der Waals surface area contributed by atoms with Gasteiger partial charge in [0.15, 0.2) is 0 Å². The predicted molar refractivity (Wildman–Crippen MR) is 132 cm³/mol. The summed E-state index contributed by atoms with van der Waals surface area (Å²) >= 11 is 13.2. The van der Waals surface area contributed by atoms with Gasteiger partial charge in [-0.25, -0.2) is 0 Å². The Labute approximate surface area is 189 Å². The number of halogens is 2. The minimum Gasteiger partial charge on any atom is -0.0843 e. The van der Waals surface area contributed by atoms with E-state index in [0.29, 0.717) is 5.02 Å². The van der Waals surface area contributed by atoms with Crippen LogP contribution in [0.1, 0.15) is 22.3 Å². The Morgan fingerprint density at radius 3 is 2.10 bits per heavy atom. The first kappa shape index (κ1) is 20.7. The highest BCUT2D eigenvalue weighted by molar-refractivity contribution is 6.35. The van der Waals surface area contributed by atoms with Crippen LogP contribution in [-0.4, -0.2) is 0 Å². The Hall–Kier alpha value is -2.54. The van der Waals surface area contributed by atoms with Gasteiger partial charge in [0.25, 0.3) is 0 Å². The SMILES string of the molecule is Cc1ccc(C)c(-c2ccc(Cl)c(-c3cccc(Cl)c3)c2-c2cccc(C)c2C)c1. The second-order valence-electron chi connectivity index (χ2n) is 7.92. The Balaban J connectivity index is 2.16. The largest absolute Gasteiger partial charge is 0.0843 e. The van der Waals surface area contributed by atoms with E-state index in [0.717, 1.165) is 21.7 Å². The lowest BCUT2D eigenvalue weighted by atomic mass is 9.84. The molecule has 0 amide bonds. The second kappa shape index (κ2) is 8.30. The van der Waals surface area contributed by atoms with Crippen molar-refractivity contribution >= 4 is 23.2 Å². The van der Waals surface area contributed by atoms with Crippen molar-refractivity contribution in [2.24, 2.45) is 0 Å². The normalized spacial score (nSPS) is 11.0. The molecule has 0 bridgehead atoms. The lowest BCUT2D eigenvalue weighted by Crippen LogP contribution is -1.96. The van der Waals surface area contributed by atoms with Crippen LogP contribution in [0, 0.1) is 27.7 Å². The Morgan fingerprint density at radius 2 is 1.33 bits per heavy atom. The molecule has 4 aromatic carbocycles. The molecule has 0 unspecified atom stereocenters. The van der Waals surface area contributed by atoms with Crippen LogP contribution in [0.2, 0.25) is 10.0 Å². The molecule has 0 atom stereocenters. The van der Waals surface area contributed by atoms with Gasteiger partial charge in [-0.05, 0) is 90.4 Å². The maximum Gasteiger partial charge on any atom is 0.0491 e. The van der Waals surface area contributed by atoms with Crippen LogP contribution < -0.4 is 0 Å². The molecule has 0 aliphatic heterocycles. The molecule has 0 spiro atoms. The molecule has 30 heavy (non-hydrogen) atoms. The molecule has 0 nitrogen and oxygen atoms in total. The van der Waals surface area contributed by atoms with E-state index in [9.17, 15) is 0 Å². The van der Waals surface area contributed by atoms with Crippen LogP contribution in [0.15, 0.2) is 72.8 Å². The van der Waals surface area contributed by atoms with Crippen LogP contribution in [-0.2, 0) is 0 Å². The number of hydrogen-bond donors (Lipinski definition) is 0. The zero-order chi connectivity index (χ0) is 21.4. The van der Waals surface area contributed by atoms with Crippen LogP contribution in [0.4, 0.5) is 0 Å². The Bertz CT molecular complexity index is 1250. The molecule has 0 aliphatic carbocycles. The third-order valence-corrected chi connectivity index (χ3v) is 6.38. The summed E-state index contributed by atoms with van der Waals surface area (Å²) in [4.78, 5) is 0. The van der Waals surface area contributed by atoms with Crippen LogP contribution in [0.5, 0.6) is 0 Å². The number of hydrogen-bond acceptors (Lipinski definition) is 0. The van der Waals surface area contributed by atoms with E-state index in [1.54, 1.807) is 0 Å². The lowest BCUT2D eigenvalue weighted by molar-refractivity contribution is 1.34. The van der Waals surface area contributed by atoms with E-state index in [-0.39, 0.29) is 0 Å². The summed E-state index contributed by atoms with van der Waals surface area (Å²) in [5, 5.41) is 1.43. The predicted octanol–water partition coefficient (Wildman–Crippen LogP) is 9.23. The molecule has 4 aromatic rings. The van der Waals surface area contributed by atoms with Gasteiger partial charge in [0.05, 0.1) is 0 Å². The summed E-state index contributed by atoms with van der Waals surface area (Å²) < 4.78 is 0. The third kappa shape index (κ3) is 3.78. The Morgan fingerprint density at radius 1 is 0.567 bits per heavy atom. The van der Waals surface area contributed by atoms with Crippen molar-refractivity contribution in [2.45, 2.75) is 27.7 Å². The van der Waals surface area contributed by atoms with Gasteiger partial charge in [0, 0.05) is 15.6 Å². The smallest absolute Gasteiger partial charge is 0.0491 e. The quantitative estimate of drug-likeness (QED) is 0.303. The minimum absolute atomic E-state index is 0.702. The standard InChI is InChI=1S/C28H24Cl2/c1-17-11-12-19(3)25(15-17)24-13-14-26(30)27(21-8-6-9-22(29)16-21)28(24)23-10-5-7-18(2)20(23)4/h5-16H,1-4H3. The van der Waals surface area contributed by atoms with E-state index >= 15 is 0 Å². The fourth-order valence-electron chi connectivity index (χ4n) is 4.06. The van der Waals surface area contributed by atoms with Crippen molar-refractivity contribution in [3.8, 4) is 33.4 Å². The molecule has 2 heteroatoms. The minimum atomic E-state index is 0.702. The van der Waals surface area contributed by atoms with Crippen molar-refractivity contribution in [3.63, 3.8) is 0 Å². The number of aryl methyl sites for hydroxylation is 3. The fourth-order valence-corrected chi connectivity index (χ4v) is 4.51. The summed E-state index contributed by atoms with van der Waals surface area (Å²) in [7, 11) is 0. The Kier molecular flexibility index (Phi) is 5.73. The van der Waals surface area contributed by atoms with Gasteiger partial charge in [0.1, 0.15) is 0 Å². The van der Waals surface area contributed by atoms with Gasteiger partial charge >= 0.3 is 0 Å². The van der Waals surface area contributed by atoms with Gasteiger partial charge in [0.2, 0.25) is 0 Å². The maximum absolute atomic E-state index is 6.85. The molecule has 0 aromatic heterocycles. The topological polar surface area (TPSA) is 0 Å². The first-order chi connectivity index (χ1) is 14.4. The van der Waals surface area contributed by atoms with Crippen molar-refractivity contribution in [1.82, 2.24) is 0 Å². The van der Waals surface area contributed by atoms with Crippen LogP contribution >= 0.6 is 23.2 Å². The van der Waals surface area contributed by atoms with Gasteiger partial charge in [-0.1, -0.05) is 83.4 Å². The molecule has 4 rings (SSSR count). The van der Waals surface area contributed by atoms with E-state index in [4.69, 9.17) is 23.2 Å².